The maximum Gasteiger partial charge on any atom is 0.159 e. The lowest BCUT2D eigenvalue weighted by molar-refractivity contribution is 0.283. The van der Waals surface area contributed by atoms with Gasteiger partial charge in [0.1, 0.15) is 0 Å². The van der Waals surface area contributed by atoms with Crippen LogP contribution in [-0.2, 0) is 13.7 Å². The van der Waals surface area contributed by atoms with Gasteiger partial charge in [0.2, 0.25) is 0 Å². The second kappa shape index (κ2) is 3.01. The number of halogens is 1. The molecule has 13 heavy (non-hydrogen) atoms. The molecule has 0 saturated carbocycles. The van der Waals surface area contributed by atoms with Crippen molar-refractivity contribution in [3.63, 3.8) is 0 Å². The molecule has 1 heterocycles. The van der Waals surface area contributed by atoms with Crippen molar-refractivity contribution in [1.82, 2.24) is 9.78 Å². The standard InChI is InChI=1S/C9H9ClN2O/c1-12-7-4-2-3-6(5-13)8(7)9(10)11-12/h2-4,13H,5H2,1H3. The second-order valence-electron chi connectivity index (χ2n) is 2.88. The van der Waals surface area contributed by atoms with Crippen molar-refractivity contribution in [2.75, 3.05) is 0 Å². The summed E-state index contributed by atoms with van der Waals surface area (Å²) in [6.45, 7) is -0.0112. The van der Waals surface area contributed by atoms with Gasteiger partial charge in [0, 0.05) is 12.4 Å². The molecule has 4 heteroatoms. The van der Waals surface area contributed by atoms with E-state index in [-0.39, 0.29) is 6.61 Å². The molecule has 2 rings (SSSR count). The minimum absolute atomic E-state index is 0.0112. The first-order valence-corrected chi connectivity index (χ1v) is 4.33. The lowest BCUT2D eigenvalue weighted by atomic mass is 10.1. The van der Waals surface area contributed by atoms with Gasteiger partial charge in [0.25, 0.3) is 0 Å². The topological polar surface area (TPSA) is 38.0 Å². The van der Waals surface area contributed by atoms with Gasteiger partial charge in [-0.25, -0.2) is 0 Å². The zero-order chi connectivity index (χ0) is 9.42. The van der Waals surface area contributed by atoms with Crippen LogP contribution < -0.4 is 0 Å². The average molecular weight is 197 g/mol. The number of nitrogens with zero attached hydrogens (tertiary/aromatic N) is 2. The highest BCUT2D eigenvalue weighted by atomic mass is 35.5. The molecule has 0 saturated heterocycles. The summed E-state index contributed by atoms with van der Waals surface area (Å²) in [7, 11) is 1.83. The van der Waals surface area contributed by atoms with Crippen molar-refractivity contribution in [3.8, 4) is 0 Å². The third kappa shape index (κ3) is 1.20. The Bertz CT molecular complexity index is 450. The number of rotatable bonds is 1. The smallest absolute Gasteiger partial charge is 0.159 e. The molecule has 68 valence electrons. The highest BCUT2D eigenvalue weighted by Gasteiger charge is 2.09. The van der Waals surface area contributed by atoms with E-state index in [1.165, 1.54) is 0 Å². The van der Waals surface area contributed by atoms with Gasteiger partial charge in [-0.15, -0.1) is 0 Å². The predicted molar refractivity (Wildman–Crippen MR) is 51.6 cm³/mol. The minimum atomic E-state index is -0.0112. The van der Waals surface area contributed by atoms with Crippen LogP contribution in [0.15, 0.2) is 18.2 Å². The summed E-state index contributed by atoms with van der Waals surface area (Å²) < 4.78 is 1.71. The fraction of sp³-hybridized carbons (Fsp3) is 0.222. The summed E-state index contributed by atoms with van der Waals surface area (Å²) in [4.78, 5) is 0. The Balaban J connectivity index is 2.88. The Labute approximate surface area is 80.5 Å². The van der Waals surface area contributed by atoms with Crippen LogP contribution in [-0.4, -0.2) is 14.9 Å². The third-order valence-electron chi connectivity index (χ3n) is 2.09. The molecule has 0 aliphatic carbocycles. The fourth-order valence-electron chi connectivity index (χ4n) is 1.46. The minimum Gasteiger partial charge on any atom is -0.392 e. The molecule has 2 aromatic rings. The lowest BCUT2D eigenvalue weighted by Crippen LogP contribution is -1.89. The zero-order valence-electron chi connectivity index (χ0n) is 7.16. The molecular formula is C9H9ClN2O. The number of aliphatic hydroxyl groups is 1. The average Bonchev–Trinajstić information content (AvgIpc) is 2.43. The highest BCUT2D eigenvalue weighted by molar-refractivity contribution is 6.34. The first-order valence-electron chi connectivity index (χ1n) is 3.95. The van der Waals surface area contributed by atoms with Crippen LogP contribution in [0.2, 0.25) is 5.15 Å². The van der Waals surface area contributed by atoms with Crippen molar-refractivity contribution in [1.29, 1.82) is 0 Å². The number of aromatic nitrogens is 2. The normalized spacial score (nSPS) is 11.0. The highest BCUT2D eigenvalue weighted by Crippen LogP contribution is 2.25. The van der Waals surface area contributed by atoms with E-state index >= 15 is 0 Å². The van der Waals surface area contributed by atoms with Crippen molar-refractivity contribution >= 4 is 22.5 Å². The summed E-state index contributed by atoms with van der Waals surface area (Å²) in [5.74, 6) is 0. The van der Waals surface area contributed by atoms with Gasteiger partial charge in [-0.2, -0.15) is 5.10 Å². The number of benzene rings is 1. The van der Waals surface area contributed by atoms with Gasteiger partial charge in [-0.3, -0.25) is 4.68 Å². The molecule has 1 aromatic heterocycles. The predicted octanol–water partition coefficient (Wildman–Crippen LogP) is 1.72. The van der Waals surface area contributed by atoms with E-state index in [4.69, 9.17) is 16.7 Å². The van der Waals surface area contributed by atoms with Gasteiger partial charge in [0.05, 0.1) is 12.1 Å². The largest absolute Gasteiger partial charge is 0.392 e. The SMILES string of the molecule is Cn1nc(Cl)c2c(CO)cccc21. The van der Waals surface area contributed by atoms with E-state index in [1.54, 1.807) is 4.68 Å². The Morgan fingerprint density at radius 2 is 2.31 bits per heavy atom. The van der Waals surface area contributed by atoms with Crippen LogP contribution in [0.25, 0.3) is 10.9 Å². The molecule has 0 unspecified atom stereocenters. The maximum absolute atomic E-state index is 9.07. The lowest BCUT2D eigenvalue weighted by Gasteiger charge is -1.98. The van der Waals surface area contributed by atoms with Crippen molar-refractivity contribution in [3.05, 3.63) is 28.9 Å². The van der Waals surface area contributed by atoms with Crippen LogP contribution in [0.5, 0.6) is 0 Å². The molecule has 1 aromatic carbocycles. The van der Waals surface area contributed by atoms with E-state index < -0.39 is 0 Å². The van der Waals surface area contributed by atoms with Crippen molar-refractivity contribution in [2.24, 2.45) is 7.05 Å². The summed E-state index contributed by atoms with van der Waals surface area (Å²) in [5, 5.41) is 14.4. The molecule has 0 bridgehead atoms. The first-order chi connectivity index (χ1) is 6.24. The Kier molecular flexibility index (Phi) is 1.98. The van der Waals surface area contributed by atoms with Crippen LogP contribution in [0.1, 0.15) is 5.56 Å². The Morgan fingerprint density at radius 3 is 3.00 bits per heavy atom. The molecule has 3 nitrogen and oxygen atoms in total. The second-order valence-corrected chi connectivity index (χ2v) is 3.24. The fourth-order valence-corrected chi connectivity index (χ4v) is 1.79. The first kappa shape index (κ1) is 8.53. The number of hydrogen-bond acceptors (Lipinski definition) is 2. The summed E-state index contributed by atoms with van der Waals surface area (Å²) in [5.41, 5.74) is 1.76. The quantitative estimate of drug-likeness (QED) is 0.754. The van der Waals surface area contributed by atoms with E-state index in [9.17, 15) is 0 Å². The molecule has 0 atom stereocenters. The van der Waals surface area contributed by atoms with Gasteiger partial charge >= 0.3 is 0 Å². The van der Waals surface area contributed by atoms with Crippen LogP contribution in [0, 0.1) is 0 Å². The van der Waals surface area contributed by atoms with Gasteiger partial charge in [0.15, 0.2) is 5.15 Å². The van der Waals surface area contributed by atoms with Crippen LogP contribution in [0.4, 0.5) is 0 Å². The van der Waals surface area contributed by atoms with Gasteiger partial charge < -0.3 is 5.11 Å². The number of aliphatic hydroxyl groups excluding tert-OH is 1. The number of aryl methyl sites for hydroxylation is 1. The van der Waals surface area contributed by atoms with Crippen LogP contribution in [0.3, 0.4) is 0 Å². The zero-order valence-corrected chi connectivity index (χ0v) is 7.91. The van der Waals surface area contributed by atoms with E-state index in [0.29, 0.717) is 5.15 Å². The molecule has 0 aliphatic rings. The summed E-state index contributed by atoms with van der Waals surface area (Å²) in [6.07, 6.45) is 0. The molecule has 0 fully saturated rings. The third-order valence-corrected chi connectivity index (χ3v) is 2.36. The maximum atomic E-state index is 9.07. The van der Waals surface area contributed by atoms with Crippen LogP contribution >= 0.6 is 11.6 Å². The van der Waals surface area contributed by atoms with Gasteiger partial charge in [-0.05, 0) is 11.6 Å². The molecule has 1 N–H and O–H groups in total. The Morgan fingerprint density at radius 1 is 1.54 bits per heavy atom. The molecular weight excluding hydrogens is 188 g/mol. The van der Waals surface area contributed by atoms with E-state index in [0.717, 1.165) is 16.5 Å². The molecule has 0 aliphatic heterocycles. The van der Waals surface area contributed by atoms with E-state index in [1.807, 2.05) is 25.2 Å². The monoisotopic (exact) mass is 196 g/mol. The Hall–Kier alpha value is -1.06. The summed E-state index contributed by atoms with van der Waals surface area (Å²) in [6, 6.07) is 5.65. The van der Waals surface area contributed by atoms with Gasteiger partial charge in [-0.1, -0.05) is 23.7 Å². The summed E-state index contributed by atoms with van der Waals surface area (Å²) >= 11 is 5.92. The van der Waals surface area contributed by atoms with Crippen molar-refractivity contribution < 1.29 is 5.11 Å². The number of fused-ring (bicyclic) bond motifs is 1. The molecule has 0 radical (unpaired) electrons. The van der Waals surface area contributed by atoms with E-state index in [2.05, 4.69) is 5.10 Å². The number of hydrogen-bond donors (Lipinski definition) is 1. The molecule has 0 spiro atoms. The molecule has 0 amide bonds. The van der Waals surface area contributed by atoms with Crippen molar-refractivity contribution in [2.45, 2.75) is 6.61 Å².